The largest absolute Gasteiger partial charge is 0.376 e. The maximum absolute atomic E-state index is 13.2. The molecule has 1 atom stereocenters. The summed E-state index contributed by atoms with van der Waals surface area (Å²) in [6, 6.07) is 5.06. The number of primary amides is 1. The van der Waals surface area contributed by atoms with Gasteiger partial charge in [0.05, 0.1) is 18.4 Å². The van der Waals surface area contributed by atoms with Crippen molar-refractivity contribution in [3.05, 3.63) is 30.1 Å². The maximum Gasteiger partial charge on any atom is 0.318 e. The molecule has 0 bridgehead atoms. The van der Waals surface area contributed by atoms with Crippen LogP contribution >= 0.6 is 11.8 Å². The van der Waals surface area contributed by atoms with Crippen LogP contribution in [-0.2, 0) is 16.1 Å². The first-order valence-electron chi connectivity index (χ1n) is 8.06. The third-order valence-electron chi connectivity index (χ3n) is 3.82. The highest BCUT2D eigenvalue weighted by molar-refractivity contribution is 7.99. The molecule has 2 heterocycles. The molecule has 10 heteroatoms. The van der Waals surface area contributed by atoms with Gasteiger partial charge in [-0.1, -0.05) is 11.8 Å². The number of carbonyl (C=O) groups is 2. The van der Waals surface area contributed by atoms with Crippen LogP contribution in [0, 0.1) is 5.82 Å². The zero-order chi connectivity index (χ0) is 18.5. The zero-order valence-corrected chi connectivity index (χ0v) is 14.7. The molecule has 0 saturated carbocycles. The molecule has 1 aromatic heterocycles. The second-order valence-electron chi connectivity index (χ2n) is 5.76. The van der Waals surface area contributed by atoms with E-state index < -0.39 is 11.9 Å². The molecular formula is C16H18FN5O3S. The van der Waals surface area contributed by atoms with E-state index in [9.17, 15) is 14.0 Å². The average Bonchev–Trinajstić information content (AvgIpc) is 3.24. The van der Waals surface area contributed by atoms with Crippen molar-refractivity contribution >= 4 is 23.7 Å². The molecule has 1 saturated heterocycles. The SMILES string of the molecule is NC(=O)NC(=O)CSc1nnc(-c2ccc(F)cc2)n1C[C@@H]1CCCO1. The van der Waals surface area contributed by atoms with Crippen LogP contribution in [0.2, 0.25) is 0 Å². The van der Waals surface area contributed by atoms with Crippen LogP contribution in [0.5, 0.6) is 0 Å². The monoisotopic (exact) mass is 379 g/mol. The molecule has 1 aromatic carbocycles. The molecule has 2 aromatic rings. The van der Waals surface area contributed by atoms with Crippen LogP contribution < -0.4 is 11.1 Å². The number of ether oxygens (including phenoxy) is 1. The van der Waals surface area contributed by atoms with Gasteiger partial charge in [-0.25, -0.2) is 9.18 Å². The molecular weight excluding hydrogens is 361 g/mol. The molecule has 3 N–H and O–H groups in total. The lowest BCUT2D eigenvalue weighted by atomic mass is 10.2. The zero-order valence-electron chi connectivity index (χ0n) is 13.9. The van der Waals surface area contributed by atoms with Crippen LogP contribution in [0.4, 0.5) is 9.18 Å². The number of urea groups is 1. The van der Waals surface area contributed by atoms with Crippen molar-refractivity contribution in [3.63, 3.8) is 0 Å². The van der Waals surface area contributed by atoms with E-state index in [2.05, 4.69) is 10.2 Å². The molecule has 0 aliphatic carbocycles. The van der Waals surface area contributed by atoms with Gasteiger partial charge in [0, 0.05) is 12.2 Å². The Bertz CT molecular complexity index is 790. The molecule has 1 aliphatic rings. The molecule has 0 unspecified atom stereocenters. The molecule has 8 nitrogen and oxygen atoms in total. The predicted octanol–water partition coefficient (Wildman–Crippen LogP) is 1.55. The highest BCUT2D eigenvalue weighted by Gasteiger charge is 2.22. The van der Waals surface area contributed by atoms with Gasteiger partial charge in [-0.05, 0) is 37.1 Å². The minimum Gasteiger partial charge on any atom is -0.376 e. The Morgan fingerprint density at radius 3 is 2.77 bits per heavy atom. The normalized spacial score (nSPS) is 16.6. The van der Waals surface area contributed by atoms with Gasteiger partial charge in [0.1, 0.15) is 5.82 Å². The summed E-state index contributed by atoms with van der Waals surface area (Å²) in [4.78, 5) is 22.4. The molecule has 26 heavy (non-hydrogen) atoms. The molecule has 0 radical (unpaired) electrons. The van der Waals surface area contributed by atoms with E-state index in [1.165, 1.54) is 12.1 Å². The summed E-state index contributed by atoms with van der Waals surface area (Å²) in [7, 11) is 0. The lowest BCUT2D eigenvalue weighted by molar-refractivity contribution is -0.117. The molecule has 138 valence electrons. The lowest BCUT2D eigenvalue weighted by Crippen LogP contribution is -2.36. The lowest BCUT2D eigenvalue weighted by Gasteiger charge is -2.14. The van der Waals surface area contributed by atoms with E-state index in [-0.39, 0.29) is 17.7 Å². The number of hydrogen-bond acceptors (Lipinski definition) is 6. The minimum atomic E-state index is -0.900. The van der Waals surface area contributed by atoms with Crippen molar-refractivity contribution in [2.24, 2.45) is 5.73 Å². The van der Waals surface area contributed by atoms with Gasteiger partial charge in [0.25, 0.3) is 0 Å². The maximum atomic E-state index is 13.2. The topological polar surface area (TPSA) is 112 Å². The Morgan fingerprint density at radius 1 is 1.35 bits per heavy atom. The van der Waals surface area contributed by atoms with Crippen molar-refractivity contribution in [2.45, 2.75) is 30.6 Å². The minimum absolute atomic E-state index is 0.0315. The molecule has 0 spiro atoms. The number of amides is 3. The number of nitrogens with two attached hydrogens (primary N) is 1. The Morgan fingerprint density at radius 2 is 2.12 bits per heavy atom. The van der Waals surface area contributed by atoms with E-state index >= 15 is 0 Å². The van der Waals surface area contributed by atoms with E-state index in [1.54, 1.807) is 12.1 Å². The number of rotatable bonds is 6. The standard InChI is InChI=1S/C16H18FN5O3S/c17-11-5-3-10(4-6-11)14-20-21-16(26-9-13(23)19-15(18)24)22(14)8-12-2-1-7-25-12/h3-6,12H,1-2,7-9H2,(H3,18,19,23,24)/t12-/m0/s1. The van der Waals surface area contributed by atoms with Gasteiger partial charge in [0.15, 0.2) is 11.0 Å². The second kappa shape index (κ2) is 8.28. The van der Waals surface area contributed by atoms with Gasteiger partial charge >= 0.3 is 6.03 Å². The fourth-order valence-electron chi connectivity index (χ4n) is 2.67. The first kappa shape index (κ1) is 18.3. The fourth-order valence-corrected chi connectivity index (χ4v) is 3.42. The predicted molar refractivity (Wildman–Crippen MR) is 92.8 cm³/mol. The number of thioether (sulfide) groups is 1. The summed E-state index contributed by atoms with van der Waals surface area (Å²) in [6.07, 6.45) is 1.94. The number of carbonyl (C=O) groups excluding carboxylic acids is 2. The van der Waals surface area contributed by atoms with Crippen molar-refractivity contribution in [3.8, 4) is 11.4 Å². The van der Waals surface area contributed by atoms with Crippen LogP contribution in [-0.4, -0.2) is 45.2 Å². The number of imide groups is 1. The Kier molecular flexibility index (Phi) is 5.84. The first-order valence-corrected chi connectivity index (χ1v) is 9.04. The van der Waals surface area contributed by atoms with Gasteiger partial charge < -0.3 is 10.5 Å². The van der Waals surface area contributed by atoms with Gasteiger partial charge in [-0.2, -0.15) is 0 Å². The van der Waals surface area contributed by atoms with E-state index in [1.807, 2.05) is 9.88 Å². The van der Waals surface area contributed by atoms with Crippen molar-refractivity contribution < 1.29 is 18.7 Å². The average molecular weight is 379 g/mol. The Labute approximate surface area is 153 Å². The summed E-state index contributed by atoms with van der Waals surface area (Å²) >= 11 is 1.14. The molecule has 1 aliphatic heterocycles. The third-order valence-corrected chi connectivity index (χ3v) is 4.79. The van der Waals surface area contributed by atoms with Crippen LogP contribution in [0.25, 0.3) is 11.4 Å². The van der Waals surface area contributed by atoms with Gasteiger partial charge in [-0.15, -0.1) is 10.2 Å². The fraction of sp³-hybridized carbons (Fsp3) is 0.375. The van der Waals surface area contributed by atoms with Gasteiger partial charge in [0.2, 0.25) is 5.91 Å². The smallest absolute Gasteiger partial charge is 0.318 e. The van der Waals surface area contributed by atoms with E-state index in [0.29, 0.717) is 29.7 Å². The summed E-state index contributed by atoms with van der Waals surface area (Å²) in [6.45, 7) is 1.24. The summed E-state index contributed by atoms with van der Waals surface area (Å²) in [5.74, 6) is -0.316. The highest BCUT2D eigenvalue weighted by Crippen LogP contribution is 2.26. The third kappa shape index (κ3) is 4.58. The Balaban J connectivity index is 1.82. The van der Waals surface area contributed by atoms with Crippen LogP contribution in [0.15, 0.2) is 29.4 Å². The summed E-state index contributed by atoms with van der Waals surface area (Å²) in [5, 5.41) is 10.8. The Hall–Kier alpha value is -2.46. The number of nitrogens with one attached hydrogen (secondary N) is 1. The highest BCUT2D eigenvalue weighted by atomic mass is 32.2. The first-order chi connectivity index (χ1) is 12.5. The second-order valence-corrected chi connectivity index (χ2v) is 6.70. The number of aromatic nitrogens is 3. The number of nitrogens with zero attached hydrogens (tertiary/aromatic N) is 3. The van der Waals surface area contributed by atoms with Crippen LogP contribution in [0.1, 0.15) is 12.8 Å². The van der Waals surface area contributed by atoms with Crippen molar-refractivity contribution in [1.82, 2.24) is 20.1 Å². The molecule has 3 rings (SSSR count). The van der Waals surface area contributed by atoms with Crippen molar-refractivity contribution in [1.29, 1.82) is 0 Å². The van der Waals surface area contributed by atoms with Crippen molar-refractivity contribution in [2.75, 3.05) is 12.4 Å². The number of benzene rings is 1. The summed E-state index contributed by atoms with van der Waals surface area (Å²) in [5.41, 5.74) is 5.65. The van der Waals surface area contributed by atoms with E-state index in [4.69, 9.17) is 10.5 Å². The number of hydrogen-bond donors (Lipinski definition) is 2. The molecule has 3 amide bonds. The van der Waals surface area contributed by atoms with Crippen LogP contribution in [0.3, 0.4) is 0 Å². The number of halogens is 1. The quantitative estimate of drug-likeness (QED) is 0.737. The molecule has 1 fully saturated rings. The summed E-state index contributed by atoms with van der Waals surface area (Å²) < 4.78 is 20.7. The van der Waals surface area contributed by atoms with E-state index in [0.717, 1.165) is 24.6 Å². The van der Waals surface area contributed by atoms with Gasteiger partial charge in [-0.3, -0.25) is 14.7 Å².